The van der Waals surface area contributed by atoms with Crippen LogP contribution in [-0.2, 0) is 6.42 Å². The van der Waals surface area contributed by atoms with Crippen molar-refractivity contribution in [1.82, 2.24) is 9.78 Å². The Kier molecular flexibility index (Phi) is 4.44. The molecule has 1 heterocycles. The Morgan fingerprint density at radius 2 is 2.00 bits per heavy atom. The molecule has 1 aromatic carbocycles. The number of thioether (sulfide) groups is 1. The van der Waals surface area contributed by atoms with E-state index in [0.29, 0.717) is 6.54 Å². The summed E-state index contributed by atoms with van der Waals surface area (Å²) in [5.41, 5.74) is 9.18. The molecule has 0 aliphatic rings. The maximum absolute atomic E-state index is 5.70. The van der Waals surface area contributed by atoms with Gasteiger partial charge in [-0.25, -0.2) is 4.68 Å². The summed E-state index contributed by atoms with van der Waals surface area (Å²) in [6.07, 6.45) is 0.890. The van der Waals surface area contributed by atoms with Crippen LogP contribution in [0.15, 0.2) is 35.4 Å². The Bertz CT molecular complexity index is 505. The number of aryl methyl sites for hydroxylation is 1. The van der Waals surface area contributed by atoms with Crippen molar-refractivity contribution in [3.8, 4) is 5.69 Å². The summed E-state index contributed by atoms with van der Waals surface area (Å²) in [6.45, 7) is 4.89. The van der Waals surface area contributed by atoms with Crippen LogP contribution in [0.25, 0.3) is 5.69 Å². The van der Waals surface area contributed by atoms with Crippen LogP contribution in [0.2, 0.25) is 0 Å². The second kappa shape index (κ2) is 6.07. The quantitative estimate of drug-likeness (QED) is 0.842. The fraction of sp³-hybridized carbons (Fsp3) is 0.357. The molecule has 0 atom stereocenters. The lowest BCUT2D eigenvalue weighted by Gasteiger charge is -2.07. The summed E-state index contributed by atoms with van der Waals surface area (Å²) in [7, 11) is 0. The lowest BCUT2D eigenvalue weighted by Crippen LogP contribution is -2.05. The maximum atomic E-state index is 5.70. The largest absolute Gasteiger partial charge is 0.330 e. The van der Waals surface area contributed by atoms with E-state index in [4.69, 9.17) is 5.73 Å². The van der Waals surface area contributed by atoms with Gasteiger partial charge in [0.15, 0.2) is 0 Å². The van der Waals surface area contributed by atoms with E-state index in [1.54, 1.807) is 0 Å². The summed E-state index contributed by atoms with van der Waals surface area (Å²) in [5, 5.41) is 5.89. The highest BCUT2D eigenvalue weighted by Gasteiger charge is 2.15. The van der Waals surface area contributed by atoms with Gasteiger partial charge in [-0.3, -0.25) is 0 Å². The van der Waals surface area contributed by atoms with Crippen molar-refractivity contribution in [2.24, 2.45) is 5.73 Å². The van der Waals surface area contributed by atoms with Gasteiger partial charge in [-0.1, -0.05) is 25.1 Å². The van der Waals surface area contributed by atoms with Crippen LogP contribution < -0.4 is 5.73 Å². The molecule has 0 fully saturated rings. The van der Waals surface area contributed by atoms with E-state index in [1.165, 1.54) is 10.6 Å². The van der Waals surface area contributed by atoms with Crippen LogP contribution in [0.1, 0.15) is 18.2 Å². The monoisotopic (exact) mass is 261 g/mol. The minimum atomic E-state index is 0.665. The SMILES string of the molecule is CCSc1c(CCN)c(C)nn1-c1ccccc1. The van der Waals surface area contributed by atoms with Crippen LogP contribution >= 0.6 is 11.8 Å². The standard InChI is InChI=1S/C14H19N3S/c1-3-18-14-13(9-10-15)11(2)16-17(14)12-7-5-4-6-8-12/h4-8H,3,9-10,15H2,1-2H3. The van der Waals surface area contributed by atoms with Gasteiger partial charge in [-0.15, -0.1) is 11.8 Å². The van der Waals surface area contributed by atoms with Crippen molar-refractivity contribution in [3.05, 3.63) is 41.6 Å². The molecule has 4 heteroatoms. The number of nitrogens with two attached hydrogens (primary N) is 1. The molecule has 0 unspecified atom stereocenters. The predicted octanol–water partition coefficient (Wildman–Crippen LogP) is 2.79. The van der Waals surface area contributed by atoms with Crippen LogP contribution in [0, 0.1) is 6.92 Å². The molecule has 2 aromatic rings. The summed E-state index contributed by atoms with van der Waals surface area (Å²) in [6, 6.07) is 10.3. The van der Waals surface area contributed by atoms with Crippen molar-refractivity contribution in [3.63, 3.8) is 0 Å². The minimum absolute atomic E-state index is 0.665. The number of nitrogens with zero attached hydrogens (tertiary/aromatic N) is 2. The van der Waals surface area contributed by atoms with Gasteiger partial charge in [0.25, 0.3) is 0 Å². The van der Waals surface area contributed by atoms with Crippen molar-refractivity contribution in [1.29, 1.82) is 0 Å². The fourth-order valence-electron chi connectivity index (χ4n) is 2.00. The van der Waals surface area contributed by atoms with Gasteiger partial charge in [0, 0.05) is 5.56 Å². The molecule has 1 aromatic heterocycles. The second-order valence-electron chi connectivity index (χ2n) is 4.09. The van der Waals surface area contributed by atoms with E-state index >= 15 is 0 Å². The Labute approximate surface area is 112 Å². The third kappa shape index (κ3) is 2.60. The van der Waals surface area contributed by atoms with E-state index in [9.17, 15) is 0 Å². The van der Waals surface area contributed by atoms with Gasteiger partial charge in [-0.05, 0) is 37.8 Å². The average Bonchev–Trinajstić information content (AvgIpc) is 2.70. The summed E-state index contributed by atoms with van der Waals surface area (Å²) < 4.78 is 2.04. The molecule has 2 rings (SSSR count). The van der Waals surface area contributed by atoms with Crippen molar-refractivity contribution >= 4 is 11.8 Å². The second-order valence-corrected chi connectivity index (χ2v) is 5.34. The number of hydrogen-bond acceptors (Lipinski definition) is 3. The molecule has 0 saturated heterocycles. The first-order chi connectivity index (χ1) is 8.77. The number of benzene rings is 1. The number of para-hydroxylation sites is 1. The van der Waals surface area contributed by atoms with Crippen molar-refractivity contribution in [2.45, 2.75) is 25.3 Å². The molecule has 0 aliphatic heterocycles. The normalized spacial score (nSPS) is 10.8. The summed E-state index contributed by atoms with van der Waals surface area (Å²) in [4.78, 5) is 0. The highest BCUT2D eigenvalue weighted by Crippen LogP contribution is 2.28. The molecular weight excluding hydrogens is 242 g/mol. The number of rotatable bonds is 5. The molecule has 0 spiro atoms. The number of aromatic nitrogens is 2. The third-order valence-electron chi connectivity index (χ3n) is 2.81. The van der Waals surface area contributed by atoms with Crippen LogP contribution in [0.5, 0.6) is 0 Å². The van der Waals surface area contributed by atoms with Crippen LogP contribution in [-0.4, -0.2) is 22.1 Å². The smallest absolute Gasteiger partial charge is 0.103 e. The molecule has 0 amide bonds. The minimum Gasteiger partial charge on any atom is -0.330 e. The zero-order valence-electron chi connectivity index (χ0n) is 10.9. The highest BCUT2D eigenvalue weighted by molar-refractivity contribution is 7.99. The first kappa shape index (κ1) is 13.2. The topological polar surface area (TPSA) is 43.8 Å². The highest BCUT2D eigenvalue weighted by atomic mass is 32.2. The first-order valence-electron chi connectivity index (χ1n) is 6.24. The zero-order valence-corrected chi connectivity index (χ0v) is 11.7. The van der Waals surface area contributed by atoms with Crippen molar-refractivity contribution < 1.29 is 0 Å². The third-order valence-corrected chi connectivity index (χ3v) is 3.79. The first-order valence-corrected chi connectivity index (χ1v) is 7.23. The molecule has 2 N–H and O–H groups in total. The zero-order chi connectivity index (χ0) is 13.0. The number of hydrogen-bond donors (Lipinski definition) is 1. The molecule has 0 saturated carbocycles. The molecule has 0 bridgehead atoms. The molecule has 18 heavy (non-hydrogen) atoms. The molecule has 3 nitrogen and oxygen atoms in total. The molecule has 0 radical (unpaired) electrons. The maximum Gasteiger partial charge on any atom is 0.103 e. The Hall–Kier alpha value is -1.26. The Morgan fingerprint density at radius 3 is 2.61 bits per heavy atom. The van der Waals surface area contributed by atoms with E-state index < -0.39 is 0 Å². The van der Waals surface area contributed by atoms with Gasteiger partial charge in [0.1, 0.15) is 5.03 Å². The van der Waals surface area contributed by atoms with Gasteiger partial charge in [0.2, 0.25) is 0 Å². The predicted molar refractivity (Wildman–Crippen MR) is 77.5 cm³/mol. The molecule has 96 valence electrons. The van der Waals surface area contributed by atoms with Gasteiger partial charge in [-0.2, -0.15) is 5.10 Å². The lowest BCUT2D eigenvalue weighted by molar-refractivity contribution is 0.787. The molecular formula is C14H19N3S. The van der Waals surface area contributed by atoms with Crippen molar-refractivity contribution in [2.75, 3.05) is 12.3 Å². The van der Waals surface area contributed by atoms with E-state index in [1.807, 2.05) is 34.6 Å². The van der Waals surface area contributed by atoms with Gasteiger partial charge in [0.05, 0.1) is 11.4 Å². The van der Waals surface area contributed by atoms with Gasteiger partial charge < -0.3 is 5.73 Å². The Balaban J connectivity index is 2.50. The lowest BCUT2D eigenvalue weighted by atomic mass is 10.2. The molecule has 0 aliphatic carbocycles. The van der Waals surface area contributed by atoms with Gasteiger partial charge >= 0.3 is 0 Å². The summed E-state index contributed by atoms with van der Waals surface area (Å²) >= 11 is 1.83. The van der Waals surface area contributed by atoms with E-state index in [2.05, 4.69) is 31.1 Å². The van der Waals surface area contributed by atoms with Crippen LogP contribution in [0.3, 0.4) is 0 Å². The van der Waals surface area contributed by atoms with E-state index in [0.717, 1.165) is 23.6 Å². The average molecular weight is 261 g/mol. The fourth-order valence-corrected chi connectivity index (χ4v) is 2.97. The van der Waals surface area contributed by atoms with Crippen LogP contribution in [0.4, 0.5) is 0 Å². The van der Waals surface area contributed by atoms with E-state index in [-0.39, 0.29) is 0 Å². The summed E-state index contributed by atoms with van der Waals surface area (Å²) in [5.74, 6) is 1.04. The Morgan fingerprint density at radius 1 is 1.28 bits per heavy atom.